The number of imidazole rings is 1. The predicted molar refractivity (Wildman–Crippen MR) is 90.9 cm³/mol. The highest BCUT2D eigenvalue weighted by atomic mass is 32.2. The van der Waals surface area contributed by atoms with E-state index in [9.17, 15) is 8.42 Å². The zero-order chi connectivity index (χ0) is 16.4. The molecule has 0 fully saturated rings. The third kappa shape index (κ3) is 3.43. The van der Waals surface area contributed by atoms with Crippen molar-refractivity contribution < 1.29 is 8.42 Å². The Morgan fingerprint density at radius 2 is 1.91 bits per heavy atom. The molecule has 0 aliphatic rings. The van der Waals surface area contributed by atoms with Crippen molar-refractivity contribution in [3.63, 3.8) is 0 Å². The van der Waals surface area contributed by atoms with E-state index in [-0.39, 0.29) is 0 Å². The Morgan fingerprint density at radius 3 is 2.65 bits per heavy atom. The molecule has 2 N–H and O–H groups in total. The van der Waals surface area contributed by atoms with Crippen LogP contribution in [0.5, 0.6) is 0 Å². The normalized spacial score (nSPS) is 11.9. The first-order valence-electron chi connectivity index (χ1n) is 7.46. The molecule has 0 aliphatic carbocycles. The van der Waals surface area contributed by atoms with Crippen molar-refractivity contribution >= 4 is 21.1 Å². The molecule has 1 aromatic heterocycles. The lowest BCUT2D eigenvalue weighted by Crippen LogP contribution is -2.26. The molecule has 120 valence electrons. The molecule has 0 radical (unpaired) electrons. The molecule has 23 heavy (non-hydrogen) atoms. The first-order chi connectivity index (χ1) is 11.0. The van der Waals surface area contributed by atoms with Crippen LogP contribution in [-0.4, -0.2) is 24.9 Å². The Hall–Kier alpha value is -2.18. The monoisotopic (exact) mass is 329 g/mol. The van der Waals surface area contributed by atoms with Crippen molar-refractivity contribution in [2.75, 3.05) is 6.54 Å². The second-order valence-electron chi connectivity index (χ2n) is 5.62. The summed E-state index contributed by atoms with van der Waals surface area (Å²) in [6.07, 6.45) is 0.513. The minimum Gasteiger partial charge on any atom is -0.342 e. The molecule has 0 atom stereocenters. The molecule has 3 rings (SSSR count). The van der Waals surface area contributed by atoms with E-state index in [0.29, 0.717) is 17.9 Å². The summed E-state index contributed by atoms with van der Waals surface area (Å²) in [4.78, 5) is 7.96. The minimum absolute atomic E-state index is 0.301. The summed E-state index contributed by atoms with van der Waals surface area (Å²) < 4.78 is 27.4. The van der Waals surface area contributed by atoms with E-state index >= 15 is 0 Å². The van der Waals surface area contributed by atoms with Crippen LogP contribution in [0.2, 0.25) is 0 Å². The van der Waals surface area contributed by atoms with Gasteiger partial charge in [0.1, 0.15) is 5.82 Å². The molecule has 0 aliphatic heterocycles. The number of sulfonamides is 1. The highest BCUT2D eigenvalue weighted by Crippen LogP contribution is 2.16. The number of fused-ring (bicyclic) bond motifs is 1. The predicted octanol–water partition coefficient (Wildman–Crippen LogP) is 2.70. The summed E-state index contributed by atoms with van der Waals surface area (Å²) in [5.41, 5.74) is 3.64. The minimum atomic E-state index is -3.50. The van der Waals surface area contributed by atoms with Gasteiger partial charge >= 0.3 is 0 Å². The summed E-state index contributed by atoms with van der Waals surface area (Å²) in [7, 11) is -3.50. The fourth-order valence-electron chi connectivity index (χ4n) is 2.61. The number of H-pyrrole nitrogens is 1. The van der Waals surface area contributed by atoms with E-state index in [1.807, 2.05) is 37.3 Å². The molecule has 6 heteroatoms. The summed E-state index contributed by atoms with van der Waals surface area (Å²) in [6, 6.07) is 13.1. The standard InChI is InChI=1S/C17H19N3O2S/c1-12-7-8-16(13(2)11-12)23(21,22)18-10-9-17-19-14-5-3-4-6-15(14)20-17/h3-8,11,18H,9-10H2,1-2H3,(H,19,20). The lowest BCUT2D eigenvalue weighted by Gasteiger charge is -2.09. The van der Waals surface area contributed by atoms with Gasteiger partial charge in [-0.15, -0.1) is 0 Å². The molecule has 0 bridgehead atoms. The molecule has 0 spiro atoms. The largest absolute Gasteiger partial charge is 0.342 e. The van der Waals surface area contributed by atoms with Gasteiger partial charge in [-0.05, 0) is 37.6 Å². The average Bonchev–Trinajstić information content (AvgIpc) is 2.89. The van der Waals surface area contributed by atoms with E-state index in [4.69, 9.17) is 0 Å². The van der Waals surface area contributed by atoms with E-state index in [1.54, 1.807) is 19.1 Å². The fourth-order valence-corrected chi connectivity index (χ4v) is 3.86. The zero-order valence-corrected chi connectivity index (χ0v) is 13.9. The third-order valence-electron chi connectivity index (χ3n) is 3.71. The van der Waals surface area contributed by atoms with E-state index in [1.165, 1.54) is 0 Å². The number of benzene rings is 2. The van der Waals surface area contributed by atoms with Crippen LogP contribution in [0.3, 0.4) is 0 Å². The maximum absolute atomic E-state index is 12.4. The van der Waals surface area contributed by atoms with Gasteiger partial charge < -0.3 is 4.98 Å². The van der Waals surface area contributed by atoms with E-state index in [0.717, 1.165) is 28.0 Å². The second-order valence-corrected chi connectivity index (χ2v) is 7.35. The van der Waals surface area contributed by atoms with Crippen molar-refractivity contribution in [3.05, 3.63) is 59.4 Å². The van der Waals surface area contributed by atoms with E-state index in [2.05, 4.69) is 14.7 Å². The number of hydrogen-bond acceptors (Lipinski definition) is 3. The van der Waals surface area contributed by atoms with Crippen LogP contribution < -0.4 is 4.72 Å². The van der Waals surface area contributed by atoms with Crippen molar-refractivity contribution in [1.82, 2.24) is 14.7 Å². The first-order valence-corrected chi connectivity index (χ1v) is 8.94. The Bertz CT molecular complexity index is 912. The Morgan fingerprint density at radius 1 is 1.13 bits per heavy atom. The number of aromatic nitrogens is 2. The van der Waals surface area contributed by atoms with E-state index < -0.39 is 10.0 Å². The van der Waals surface area contributed by atoms with Crippen LogP contribution >= 0.6 is 0 Å². The number of nitrogens with zero attached hydrogens (tertiary/aromatic N) is 1. The number of aryl methyl sites for hydroxylation is 2. The fraction of sp³-hybridized carbons (Fsp3) is 0.235. The van der Waals surface area contributed by atoms with Crippen LogP contribution in [0, 0.1) is 13.8 Å². The average molecular weight is 329 g/mol. The Balaban J connectivity index is 1.69. The smallest absolute Gasteiger partial charge is 0.240 e. The van der Waals surface area contributed by atoms with Crippen molar-refractivity contribution in [1.29, 1.82) is 0 Å². The van der Waals surface area contributed by atoms with Gasteiger partial charge in [0.05, 0.1) is 15.9 Å². The number of rotatable bonds is 5. The molecule has 0 amide bonds. The lowest BCUT2D eigenvalue weighted by molar-refractivity contribution is 0.580. The Kier molecular flexibility index (Phi) is 4.19. The number of para-hydroxylation sites is 2. The van der Waals surface area contributed by atoms with Gasteiger partial charge in [0.2, 0.25) is 10.0 Å². The highest BCUT2D eigenvalue weighted by molar-refractivity contribution is 7.89. The maximum atomic E-state index is 12.4. The van der Waals surface area contributed by atoms with Gasteiger partial charge in [-0.25, -0.2) is 18.1 Å². The van der Waals surface area contributed by atoms with Crippen molar-refractivity contribution in [2.45, 2.75) is 25.2 Å². The number of aromatic amines is 1. The molecule has 1 heterocycles. The van der Waals surface area contributed by atoms with Crippen LogP contribution in [0.25, 0.3) is 11.0 Å². The summed E-state index contributed by atoms with van der Waals surface area (Å²) in [6.45, 7) is 4.05. The second kappa shape index (κ2) is 6.14. The number of hydrogen-bond donors (Lipinski definition) is 2. The highest BCUT2D eigenvalue weighted by Gasteiger charge is 2.16. The van der Waals surface area contributed by atoms with Gasteiger partial charge in [-0.2, -0.15) is 0 Å². The third-order valence-corrected chi connectivity index (χ3v) is 5.33. The van der Waals surface area contributed by atoms with Gasteiger partial charge in [0.15, 0.2) is 0 Å². The molecule has 5 nitrogen and oxygen atoms in total. The van der Waals surface area contributed by atoms with Crippen LogP contribution in [0.4, 0.5) is 0 Å². The molecule has 3 aromatic rings. The topological polar surface area (TPSA) is 74.8 Å². The summed E-state index contributed by atoms with van der Waals surface area (Å²) in [5.74, 6) is 0.773. The van der Waals surface area contributed by atoms with Crippen LogP contribution in [0.1, 0.15) is 17.0 Å². The molecule has 2 aromatic carbocycles. The number of nitrogens with one attached hydrogen (secondary N) is 2. The molecular weight excluding hydrogens is 310 g/mol. The molecule has 0 saturated carbocycles. The maximum Gasteiger partial charge on any atom is 0.240 e. The summed E-state index contributed by atoms with van der Waals surface area (Å²) in [5, 5.41) is 0. The Labute approximate surface area is 135 Å². The molecular formula is C17H19N3O2S. The summed E-state index contributed by atoms with van der Waals surface area (Å²) >= 11 is 0. The first kappa shape index (κ1) is 15.7. The van der Waals surface area contributed by atoms with Crippen LogP contribution in [0.15, 0.2) is 47.4 Å². The van der Waals surface area contributed by atoms with Gasteiger partial charge in [0, 0.05) is 13.0 Å². The SMILES string of the molecule is Cc1ccc(S(=O)(=O)NCCc2nc3ccccc3[nH]2)c(C)c1. The lowest BCUT2D eigenvalue weighted by atomic mass is 10.2. The van der Waals surface area contributed by atoms with Crippen LogP contribution in [-0.2, 0) is 16.4 Å². The van der Waals surface area contributed by atoms with Crippen molar-refractivity contribution in [2.24, 2.45) is 0 Å². The van der Waals surface area contributed by atoms with Crippen molar-refractivity contribution in [3.8, 4) is 0 Å². The van der Waals surface area contributed by atoms with Gasteiger partial charge in [-0.1, -0.05) is 29.8 Å². The van der Waals surface area contributed by atoms with Gasteiger partial charge in [0.25, 0.3) is 0 Å². The molecule has 0 unspecified atom stereocenters. The molecule has 0 saturated heterocycles. The van der Waals surface area contributed by atoms with Gasteiger partial charge in [-0.3, -0.25) is 0 Å². The zero-order valence-electron chi connectivity index (χ0n) is 13.1. The quantitative estimate of drug-likeness (QED) is 0.756.